The summed E-state index contributed by atoms with van der Waals surface area (Å²) < 4.78 is 0. The maximum atomic E-state index is 12.5. The molecule has 0 radical (unpaired) electrons. The van der Waals surface area contributed by atoms with E-state index in [9.17, 15) is 4.79 Å². The van der Waals surface area contributed by atoms with Crippen molar-refractivity contribution in [3.63, 3.8) is 0 Å². The summed E-state index contributed by atoms with van der Waals surface area (Å²) in [7, 11) is 0. The first kappa shape index (κ1) is 16.5. The summed E-state index contributed by atoms with van der Waals surface area (Å²) >= 11 is 0. The number of piperidine rings is 1. The van der Waals surface area contributed by atoms with Crippen LogP contribution in [0.2, 0.25) is 0 Å². The maximum Gasteiger partial charge on any atom is 0.224 e. The first-order valence-electron chi connectivity index (χ1n) is 8.43. The summed E-state index contributed by atoms with van der Waals surface area (Å²) in [5.41, 5.74) is 1.44. The van der Waals surface area contributed by atoms with E-state index in [1.807, 2.05) is 0 Å². The molecule has 21 heavy (non-hydrogen) atoms. The van der Waals surface area contributed by atoms with Crippen LogP contribution in [0, 0.1) is 17.3 Å². The van der Waals surface area contributed by atoms with Crippen LogP contribution in [0.15, 0.2) is 11.6 Å². The number of amides is 1. The third-order valence-electron chi connectivity index (χ3n) is 5.31. The molecule has 1 amide bonds. The lowest BCUT2D eigenvalue weighted by molar-refractivity contribution is -0.124. The average molecular weight is 292 g/mol. The molecule has 1 N–H and O–H groups in total. The molecular formula is C18H32N2O. The zero-order chi connectivity index (χ0) is 15.8. The largest absolute Gasteiger partial charge is 0.353 e. The Balaban J connectivity index is 1.85. The van der Waals surface area contributed by atoms with E-state index < -0.39 is 0 Å². The van der Waals surface area contributed by atoms with Gasteiger partial charge in [-0.1, -0.05) is 25.5 Å². The number of allylic oxidation sites excluding steroid dienone is 2. The molecule has 1 heterocycles. The van der Waals surface area contributed by atoms with Crippen molar-refractivity contribution in [2.24, 2.45) is 17.3 Å². The molecule has 0 aromatic heterocycles. The normalized spacial score (nSPS) is 29.3. The predicted molar refractivity (Wildman–Crippen MR) is 88.1 cm³/mol. The fourth-order valence-corrected chi connectivity index (χ4v) is 3.70. The Labute approximate surface area is 130 Å². The summed E-state index contributed by atoms with van der Waals surface area (Å²) in [4.78, 5) is 15.0. The Morgan fingerprint density at radius 2 is 1.81 bits per heavy atom. The molecule has 0 unspecified atom stereocenters. The lowest BCUT2D eigenvalue weighted by Crippen LogP contribution is -2.47. The van der Waals surface area contributed by atoms with Gasteiger partial charge in [-0.3, -0.25) is 4.79 Å². The number of nitrogens with one attached hydrogen (secondary N) is 1. The van der Waals surface area contributed by atoms with E-state index in [2.05, 4.69) is 57.8 Å². The van der Waals surface area contributed by atoms with E-state index in [1.54, 1.807) is 0 Å². The van der Waals surface area contributed by atoms with E-state index in [0.717, 1.165) is 25.9 Å². The summed E-state index contributed by atoms with van der Waals surface area (Å²) in [6, 6.07) is 0.988. The van der Waals surface area contributed by atoms with Crippen molar-refractivity contribution in [1.29, 1.82) is 0 Å². The fourth-order valence-electron chi connectivity index (χ4n) is 3.70. The highest BCUT2D eigenvalue weighted by molar-refractivity contribution is 5.84. The standard InChI is InChI=1S/C18H32N2O/c1-12(2)11-15-16(18(15,5)6)17(21)19-14-7-9-20(10-8-14)13(3)4/h11,13-16H,7-10H2,1-6H3,(H,19,21)/t15-,16+/m0/s1. The Bertz CT molecular complexity index is 413. The molecule has 1 saturated heterocycles. The maximum absolute atomic E-state index is 12.5. The van der Waals surface area contributed by atoms with E-state index in [-0.39, 0.29) is 17.2 Å². The highest BCUT2D eigenvalue weighted by atomic mass is 16.2. The van der Waals surface area contributed by atoms with Gasteiger partial charge in [0.25, 0.3) is 0 Å². The molecule has 0 spiro atoms. The van der Waals surface area contributed by atoms with Crippen LogP contribution in [-0.2, 0) is 4.79 Å². The van der Waals surface area contributed by atoms with Crippen LogP contribution < -0.4 is 5.32 Å². The molecule has 3 heteroatoms. The van der Waals surface area contributed by atoms with Crippen LogP contribution in [0.1, 0.15) is 54.4 Å². The molecule has 0 aromatic rings. The number of carbonyl (C=O) groups excluding carboxylic acids is 1. The smallest absolute Gasteiger partial charge is 0.224 e. The van der Waals surface area contributed by atoms with Crippen molar-refractivity contribution in [3.8, 4) is 0 Å². The van der Waals surface area contributed by atoms with Crippen molar-refractivity contribution in [2.75, 3.05) is 13.1 Å². The quantitative estimate of drug-likeness (QED) is 0.807. The van der Waals surface area contributed by atoms with Gasteiger partial charge in [0, 0.05) is 25.2 Å². The molecule has 3 nitrogen and oxygen atoms in total. The summed E-state index contributed by atoms with van der Waals surface area (Å²) in [5.74, 6) is 0.847. The molecule has 120 valence electrons. The van der Waals surface area contributed by atoms with Gasteiger partial charge in [0.1, 0.15) is 0 Å². The third kappa shape index (κ3) is 3.68. The van der Waals surface area contributed by atoms with Crippen molar-refractivity contribution in [2.45, 2.75) is 66.5 Å². The molecule has 1 aliphatic carbocycles. The Kier molecular flexibility index (Phi) is 4.82. The zero-order valence-electron chi connectivity index (χ0n) is 14.6. The predicted octanol–water partition coefficient (Wildman–Crippen LogP) is 3.21. The number of hydrogen-bond donors (Lipinski definition) is 1. The number of nitrogens with zero attached hydrogens (tertiary/aromatic N) is 1. The third-order valence-corrected chi connectivity index (χ3v) is 5.31. The average Bonchev–Trinajstić information content (AvgIpc) is 2.90. The van der Waals surface area contributed by atoms with Gasteiger partial charge in [0.15, 0.2) is 0 Å². The first-order chi connectivity index (χ1) is 9.73. The molecule has 1 saturated carbocycles. The highest BCUT2D eigenvalue weighted by Gasteiger charge is 2.60. The molecule has 0 aromatic carbocycles. The van der Waals surface area contributed by atoms with Gasteiger partial charge in [0.05, 0.1) is 5.92 Å². The van der Waals surface area contributed by atoms with Crippen molar-refractivity contribution < 1.29 is 4.79 Å². The van der Waals surface area contributed by atoms with Gasteiger partial charge in [-0.2, -0.15) is 0 Å². The second kappa shape index (κ2) is 6.12. The molecule has 2 fully saturated rings. The van der Waals surface area contributed by atoms with Gasteiger partial charge in [-0.05, 0) is 51.9 Å². The van der Waals surface area contributed by atoms with Crippen molar-refractivity contribution in [3.05, 3.63) is 11.6 Å². The van der Waals surface area contributed by atoms with E-state index >= 15 is 0 Å². The van der Waals surface area contributed by atoms with Crippen molar-refractivity contribution >= 4 is 5.91 Å². The lowest BCUT2D eigenvalue weighted by atomic mass is 10.0. The van der Waals surface area contributed by atoms with Gasteiger partial charge < -0.3 is 10.2 Å². The Morgan fingerprint density at radius 1 is 1.24 bits per heavy atom. The number of hydrogen-bond acceptors (Lipinski definition) is 2. The molecule has 2 aliphatic rings. The first-order valence-corrected chi connectivity index (χ1v) is 8.43. The Morgan fingerprint density at radius 3 is 2.29 bits per heavy atom. The summed E-state index contributed by atoms with van der Waals surface area (Å²) in [5, 5.41) is 3.30. The second-order valence-electron chi connectivity index (χ2n) is 7.98. The minimum atomic E-state index is 0.125. The van der Waals surface area contributed by atoms with E-state index in [0.29, 0.717) is 18.0 Å². The van der Waals surface area contributed by atoms with Gasteiger partial charge in [0.2, 0.25) is 5.91 Å². The fraction of sp³-hybridized carbons (Fsp3) is 0.833. The minimum Gasteiger partial charge on any atom is -0.353 e. The highest BCUT2D eigenvalue weighted by Crippen LogP contribution is 2.59. The molecule has 1 aliphatic heterocycles. The number of carbonyl (C=O) groups is 1. The molecular weight excluding hydrogens is 260 g/mol. The minimum absolute atomic E-state index is 0.125. The Hall–Kier alpha value is -0.830. The van der Waals surface area contributed by atoms with Crippen LogP contribution in [0.3, 0.4) is 0 Å². The van der Waals surface area contributed by atoms with Gasteiger partial charge in [-0.25, -0.2) is 0 Å². The van der Waals surface area contributed by atoms with Crippen molar-refractivity contribution in [1.82, 2.24) is 10.2 Å². The number of rotatable bonds is 4. The molecule has 0 bridgehead atoms. The SMILES string of the molecule is CC(C)=C[C@H]1[C@H](C(=O)NC2CCN(C(C)C)CC2)C1(C)C. The van der Waals surface area contributed by atoms with Gasteiger partial charge in [-0.15, -0.1) is 0 Å². The summed E-state index contributed by atoms with van der Waals surface area (Å²) in [6.45, 7) is 15.4. The van der Waals surface area contributed by atoms with Crippen LogP contribution in [0.4, 0.5) is 0 Å². The van der Waals surface area contributed by atoms with Crippen LogP contribution in [0.25, 0.3) is 0 Å². The topological polar surface area (TPSA) is 32.3 Å². The van der Waals surface area contributed by atoms with Gasteiger partial charge >= 0.3 is 0 Å². The second-order valence-corrected chi connectivity index (χ2v) is 7.98. The number of likely N-dealkylation sites (tertiary alicyclic amines) is 1. The molecule has 2 rings (SSSR count). The van der Waals surface area contributed by atoms with Crippen LogP contribution >= 0.6 is 0 Å². The zero-order valence-corrected chi connectivity index (χ0v) is 14.6. The van der Waals surface area contributed by atoms with Crippen LogP contribution in [0.5, 0.6) is 0 Å². The molecule has 2 atom stereocenters. The van der Waals surface area contributed by atoms with Crippen LogP contribution in [-0.4, -0.2) is 36.0 Å². The lowest BCUT2D eigenvalue weighted by Gasteiger charge is -2.35. The van der Waals surface area contributed by atoms with E-state index in [1.165, 1.54) is 5.57 Å². The summed E-state index contributed by atoms with van der Waals surface area (Å²) in [6.07, 6.45) is 4.44. The monoisotopic (exact) mass is 292 g/mol. The van der Waals surface area contributed by atoms with E-state index in [4.69, 9.17) is 0 Å².